The Hall–Kier alpha value is -4.93. The van der Waals surface area contributed by atoms with E-state index in [1.165, 1.54) is 22.9 Å². The molecule has 0 bridgehead atoms. The van der Waals surface area contributed by atoms with Crippen LogP contribution in [-0.2, 0) is 11.0 Å². The molecule has 1 heterocycles. The van der Waals surface area contributed by atoms with Gasteiger partial charge in [0.1, 0.15) is 5.82 Å². The monoisotopic (exact) mass is 522 g/mol. The van der Waals surface area contributed by atoms with Crippen LogP contribution in [0.1, 0.15) is 44.4 Å². The first kappa shape index (κ1) is 26.1. The molecule has 11 heteroatoms. The van der Waals surface area contributed by atoms with Crippen molar-refractivity contribution in [2.75, 3.05) is 5.32 Å². The van der Waals surface area contributed by atoms with Gasteiger partial charge in [-0.15, -0.1) is 0 Å². The van der Waals surface area contributed by atoms with Crippen molar-refractivity contribution in [2.45, 2.75) is 18.6 Å². The van der Waals surface area contributed by atoms with Crippen LogP contribution in [0.15, 0.2) is 91.0 Å². The molecule has 4 aromatic rings. The molecule has 0 aliphatic heterocycles. The lowest BCUT2D eigenvalue weighted by Crippen LogP contribution is -2.32. The van der Waals surface area contributed by atoms with E-state index in [0.717, 1.165) is 12.1 Å². The fraction of sp³-hybridized carbons (Fsp3) is 0.111. The van der Waals surface area contributed by atoms with Crippen LogP contribution >= 0.6 is 0 Å². The molecule has 0 radical (unpaired) electrons. The summed E-state index contributed by atoms with van der Waals surface area (Å²) in [5, 5.41) is 18.6. The van der Waals surface area contributed by atoms with Crippen LogP contribution in [0.4, 0.5) is 19.0 Å². The lowest BCUT2D eigenvalue weighted by Gasteiger charge is -2.21. The number of carbonyl (C=O) groups excluding carboxylic acids is 2. The highest BCUT2D eigenvalue weighted by molar-refractivity contribution is 6.04. The SMILES string of the molecule is O=C(O)CC(NC(=O)c1cc(NC(=O)c2ccccc2)n(-c2ccccc2)n1)c1ccccc1C(F)(F)F. The molecule has 38 heavy (non-hydrogen) atoms. The Balaban J connectivity index is 1.68. The van der Waals surface area contributed by atoms with Crippen molar-refractivity contribution in [3.05, 3.63) is 113 Å². The van der Waals surface area contributed by atoms with Crippen molar-refractivity contribution in [3.8, 4) is 5.69 Å². The van der Waals surface area contributed by atoms with Gasteiger partial charge in [-0.3, -0.25) is 14.4 Å². The second-order valence-corrected chi connectivity index (χ2v) is 8.19. The van der Waals surface area contributed by atoms with Gasteiger partial charge < -0.3 is 15.7 Å². The van der Waals surface area contributed by atoms with E-state index < -0.39 is 47.5 Å². The standard InChI is InChI=1S/C27H21F3N4O4/c28-27(29,30)20-14-8-7-13-19(20)21(16-24(35)36)31-26(38)22-15-23(32-25(37)17-9-3-1-4-10-17)34(33-22)18-11-5-2-6-12-18/h1-15,21H,16H2,(H,31,38)(H,32,37)(H,35,36). The zero-order valence-corrected chi connectivity index (χ0v) is 19.6. The third-order valence-electron chi connectivity index (χ3n) is 5.55. The van der Waals surface area contributed by atoms with Gasteiger partial charge in [0, 0.05) is 11.6 Å². The molecule has 0 fully saturated rings. The second-order valence-electron chi connectivity index (χ2n) is 8.19. The Morgan fingerprint density at radius 2 is 1.47 bits per heavy atom. The molecule has 3 N–H and O–H groups in total. The summed E-state index contributed by atoms with van der Waals surface area (Å²) in [4.78, 5) is 37.4. The molecule has 4 rings (SSSR count). The molecule has 0 aliphatic rings. The first-order valence-electron chi connectivity index (χ1n) is 11.3. The molecule has 1 atom stereocenters. The number of para-hydroxylation sites is 1. The first-order chi connectivity index (χ1) is 18.1. The molecule has 8 nitrogen and oxygen atoms in total. The van der Waals surface area contributed by atoms with Gasteiger partial charge in [-0.1, -0.05) is 54.6 Å². The Labute approximate surface area is 214 Å². The maximum absolute atomic E-state index is 13.6. The quantitative estimate of drug-likeness (QED) is 0.298. The highest BCUT2D eigenvalue weighted by atomic mass is 19.4. The predicted octanol–water partition coefficient (Wildman–Crippen LogP) is 5.09. The maximum Gasteiger partial charge on any atom is 0.416 e. The van der Waals surface area contributed by atoms with E-state index in [2.05, 4.69) is 15.7 Å². The third kappa shape index (κ3) is 6.06. The number of carbonyl (C=O) groups is 3. The van der Waals surface area contributed by atoms with Crippen molar-refractivity contribution in [3.63, 3.8) is 0 Å². The first-order valence-corrected chi connectivity index (χ1v) is 11.3. The van der Waals surface area contributed by atoms with Gasteiger partial charge in [0.25, 0.3) is 11.8 Å². The highest BCUT2D eigenvalue weighted by Gasteiger charge is 2.36. The number of halogens is 3. The van der Waals surface area contributed by atoms with Crippen LogP contribution in [0.5, 0.6) is 0 Å². The van der Waals surface area contributed by atoms with Crippen molar-refractivity contribution in [2.24, 2.45) is 0 Å². The van der Waals surface area contributed by atoms with Gasteiger partial charge in [-0.25, -0.2) is 4.68 Å². The number of nitrogens with zero attached hydrogens (tertiary/aromatic N) is 2. The number of nitrogens with one attached hydrogen (secondary N) is 2. The van der Waals surface area contributed by atoms with Crippen LogP contribution in [0.25, 0.3) is 5.69 Å². The summed E-state index contributed by atoms with van der Waals surface area (Å²) < 4.78 is 42.1. The Morgan fingerprint density at radius 3 is 2.11 bits per heavy atom. The fourth-order valence-corrected chi connectivity index (χ4v) is 3.83. The molecular weight excluding hydrogens is 501 g/mol. The summed E-state index contributed by atoms with van der Waals surface area (Å²) in [5.41, 5.74) is -0.839. The molecule has 0 saturated heterocycles. The van der Waals surface area contributed by atoms with Gasteiger partial charge in [-0.05, 0) is 35.9 Å². The maximum atomic E-state index is 13.6. The van der Waals surface area contributed by atoms with E-state index in [9.17, 15) is 32.7 Å². The zero-order chi connectivity index (χ0) is 27.3. The number of hydrogen-bond donors (Lipinski definition) is 3. The van der Waals surface area contributed by atoms with Gasteiger partial charge in [-0.2, -0.15) is 18.3 Å². The number of anilines is 1. The summed E-state index contributed by atoms with van der Waals surface area (Å²) in [6, 6.07) is 21.1. The van der Waals surface area contributed by atoms with Gasteiger partial charge in [0.05, 0.1) is 23.7 Å². The van der Waals surface area contributed by atoms with Crippen LogP contribution in [0.2, 0.25) is 0 Å². The van der Waals surface area contributed by atoms with Crippen LogP contribution in [0.3, 0.4) is 0 Å². The van der Waals surface area contributed by atoms with E-state index in [-0.39, 0.29) is 11.5 Å². The average Bonchev–Trinajstić information content (AvgIpc) is 3.32. The topological polar surface area (TPSA) is 113 Å². The van der Waals surface area contributed by atoms with E-state index >= 15 is 0 Å². The number of benzene rings is 3. The smallest absolute Gasteiger partial charge is 0.416 e. The van der Waals surface area contributed by atoms with Gasteiger partial charge in [0.2, 0.25) is 0 Å². The van der Waals surface area contributed by atoms with Crippen molar-refractivity contribution in [1.29, 1.82) is 0 Å². The van der Waals surface area contributed by atoms with Crippen molar-refractivity contribution >= 4 is 23.6 Å². The van der Waals surface area contributed by atoms with E-state index in [1.807, 2.05) is 0 Å². The minimum Gasteiger partial charge on any atom is -0.481 e. The summed E-state index contributed by atoms with van der Waals surface area (Å²) in [5.74, 6) is -2.67. The fourth-order valence-electron chi connectivity index (χ4n) is 3.83. The van der Waals surface area contributed by atoms with Crippen LogP contribution in [0, 0.1) is 0 Å². The lowest BCUT2D eigenvalue weighted by molar-refractivity contribution is -0.140. The number of aliphatic carboxylic acids is 1. The predicted molar refractivity (Wildman–Crippen MR) is 132 cm³/mol. The molecular formula is C27H21F3N4O4. The molecule has 194 valence electrons. The number of alkyl halides is 3. The van der Waals surface area contributed by atoms with Gasteiger partial charge >= 0.3 is 12.1 Å². The number of carboxylic acid groups (broad SMARTS) is 1. The van der Waals surface area contributed by atoms with Crippen molar-refractivity contribution < 1.29 is 32.7 Å². The summed E-state index contributed by atoms with van der Waals surface area (Å²) in [6.07, 6.45) is -5.56. The minimum absolute atomic E-state index is 0.126. The average molecular weight is 522 g/mol. The number of carboxylic acids is 1. The van der Waals surface area contributed by atoms with E-state index in [4.69, 9.17) is 0 Å². The van der Waals surface area contributed by atoms with E-state index in [1.54, 1.807) is 60.7 Å². The van der Waals surface area contributed by atoms with Crippen LogP contribution < -0.4 is 10.6 Å². The number of hydrogen-bond acceptors (Lipinski definition) is 4. The summed E-state index contributed by atoms with van der Waals surface area (Å²) >= 11 is 0. The normalized spacial score (nSPS) is 12.0. The van der Waals surface area contributed by atoms with Crippen molar-refractivity contribution in [1.82, 2.24) is 15.1 Å². The molecule has 1 aromatic heterocycles. The Bertz CT molecular complexity index is 1450. The van der Waals surface area contributed by atoms with Crippen LogP contribution in [-0.4, -0.2) is 32.7 Å². The highest BCUT2D eigenvalue weighted by Crippen LogP contribution is 2.35. The van der Waals surface area contributed by atoms with E-state index in [0.29, 0.717) is 11.3 Å². The molecule has 0 saturated carbocycles. The molecule has 2 amide bonds. The Kier molecular flexibility index (Phi) is 7.56. The third-order valence-corrected chi connectivity index (χ3v) is 5.55. The second kappa shape index (κ2) is 11.0. The number of rotatable bonds is 8. The molecule has 1 unspecified atom stereocenters. The van der Waals surface area contributed by atoms with Gasteiger partial charge in [0.15, 0.2) is 5.69 Å². The summed E-state index contributed by atoms with van der Waals surface area (Å²) in [7, 11) is 0. The lowest BCUT2D eigenvalue weighted by atomic mass is 9.97. The molecule has 3 aromatic carbocycles. The molecule has 0 aliphatic carbocycles. The Morgan fingerprint density at radius 1 is 0.868 bits per heavy atom. The molecule has 0 spiro atoms. The number of amides is 2. The number of aromatic nitrogens is 2. The largest absolute Gasteiger partial charge is 0.481 e. The zero-order valence-electron chi connectivity index (χ0n) is 19.6. The summed E-state index contributed by atoms with van der Waals surface area (Å²) in [6.45, 7) is 0. The minimum atomic E-state index is -4.76.